The van der Waals surface area contributed by atoms with Crippen LogP contribution < -0.4 is 10.5 Å². The summed E-state index contributed by atoms with van der Waals surface area (Å²) in [5.74, 6) is -0.588. The Morgan fingerprint density at radius 3 is 1.60 bits per heavy atom. The summed E-state index contributed by atoms with van der Waals surface area (Å²) in [7, 11) is -18.2. The molecule has 22 heteroatoms. The summed E-state index contributed by atoms with van der Waals surface area (Å²) < 4.78 is 137. The van der Waals surface area contributed by atoms with Gasteiger partial charge in [0.1, 0.15) is 5.75 Å². The highest BCUT2D eigenvalue weighted by atomic mass is 32.2. The Kier molecular flexibility index (Phi) is 10.5. The molecular weight excluding hydrogens is 803 g/mol. The number of ether oxygens (including phenoxy) is 1. The molecule has 0 aromatic heterocycles. The smallest absolute Gasteiger partial charge is 0.294 e. The number of hydrogen-bond acceptors (Lipinski definition) is 14. The van der Waals surface area contributed by atoms with Crippen molar-refractivity contribution in [2.75, 3.05) is 18.1 Å². The summed E-state index contributed by atoms with van der Waals surface area (Å²) in [5.41, 5.74) is 7.03. The summed E-state index contributed by atoms with van der Waals surface area (Å²) in [6.45, 7) is -0.207. The van der Waals surface area contributed by atoms with Gasteiger partial charge in [0.15, 0.2) is 0 Å². The first-order valence-corrected chi connectivity index (χ1v) is 21.4. The third-order valence-electron chi connectivity index (χ3n) is 8.05. The number of nitrogens with two attached hydrogens (primary N) is 1. The third-order valence-corrected chi connectivity index (χ3v) is 11.4. The predicted octanol–water partition coefficient (Wildman–Crippen LogP) is 6.96. The molecule has 0 bridgehead atoms. The first-order chi connectivity index (χ1) is 25.7. The van der Waals surface area contributed by atoms with Gasteiger partial charge in [0.05, 0.1) is 49.8 Å². The largest absolute Gasteiger partial charge is 0.493 e. The average molecular weight is 830 g/mol. The summed E-state index contributed by atoms with van der Waals surface area (Å²) in [6, 6.07) is 20.0. The Morgan fingerprint density at radius 2 is 1.02 bits per heavy atom. The average Bonchev–Trinajstić information content (AvgIpc) is 3.10. The number of benzene rings is 6. The fraction of sp³-hybridized carbons (Fsp3) is 0.0909. The second-order valence-corrected chi connectivity index (χ2v) is 17.7. The summed E-state index contributed by atoms with van der Waals surface area (Å²) >= 11 is 0. The van der Waals surface area contributed by atoms with E-state index in [0.29, 0.717) is 16.2 Å². The van der Waals surface area contributed by atoms with Crippen molar-refractivity contribution in [2.24, 2.45) is 20.5 Å². The van der Waals surface area contributed by atoms with Gasteiger partial charge in [0.25, 0.3) is 40.5 Å². The minimum Gasteiger partial charge on any atom is -0.493 e. The number of anilines is 1. The van der Waals surface area contributed by atoms with Gasteiger partial charge in [0.2, 0.25) is 0 Å². The second-order valence-electron chi connectivity index (χ2n) is 11.8. The first kappa shape index (κ1) is 39.2. The van der Waals surface area contributed by atoms with E-state index >= 15 is 0 Å². The molecule has 0 unspecified atom stereocenters. The molecule has 0 aliphatic heterocycles. The lowest BCUT2D eigenvalue weighted by Gasteiger charge is -2.11. The van der Waals surface area contributed by atoms with E-state index in [0.717, 1.165) is 24.3 Å². The SMILES string of the molecule is Nc1ccc(N=Nc2ccc(N=Nc3ccc4c(OCCCS(=O)(=O)O)cc(S(=O)(=O)O)cc4c3)c3ccc(S(=O)(=O)O)cc23)c2ccc(S(=O)(=O)O)cc12. The third kappa shape index (κ3) is 9.09. The molecule has 0 spiro atoms. The Labute approximate surface area is 313 Å². The van der Waals surface area contributed by atoms with Crippen LogP contribution in [0.2, 0.25) is 0 Å². The normalized spacial score (nSPS) is 13.1. The van der Waals surface area contributed by atoms with Crippen molar-refractivity contribution in [2.45, 2.75) is 21.1 Å². The minimum absolute atomic E-state index is 0.00385. The second kappa shape index (κ2) is 14.6. The number of fused-ring (bicyclic) bond motifs is 3. The fourth-order valence-electron chi connectivity index (χ4n) is 5.48. The number of rotatable bonds is 12. The molecule has 0 atom stereocenters. The van der Waals surface area contributed by atoms with E-state index in [2.05, 4.69) is 20.5 Å². The van der Waals surface area contributed by atoms with Crippen LogP contribution in [0.15, 0.2) is 126 Å². The number of nitrogen functional groups attached to an aromatic ring is 1. The fourth-order valence-corrected chi connectivity index (χ4v) is 7.51. The summed E-state index contributed by atoms with van der Waals surface area (Å²) in [5, 5.41) is 18.9. The molecule has 0 heterocycles. The molecule has 6 rings (SSSR count). The maximum Gasteiger partial charge on any atom is 0.294 e. The van der Waals surface area contributed by atoms with E-state index in [1.165, 1.54) is 66.7 Å². The zero-order valence-corrected chi connectivity index (χ0v) is 31.0. The number of hydrogen-bond donors (Lipinski definition) is 5. The zero-order chi connectivity index (χ0) is 39.9. The van der Waals surface area contributed by atoms with E-state index in [1.54, 1.807) is 0 Å². The summed E-state index contributed by atoms with van der Waals surface area (Å²) in [4.78, 5) is -1.36. The Bertz CT molecular complexity index is 3060. The summed E-state index contributed by atoms with van der Waals surface area (Å²) in [6.07, 6.45) is -0.110. The molecule has 286 valence electrons. The van der Waals surface area contributed by atoms with Crippen LogP contribution in [0.5, 0.6) is 5.75 Å². The highest BCUT2D eigenvalue weighted by molar-refractivity contribution is 7.86. The first-order valence-electron chi connectivity index (χ1n) is 15.5. The maximum atomic E-state index is 12.1. The maximum absolute atomic E-state index is 12.1. The molecule has 6 N–H and O–H groups in total. The van der Waals surface area contributed by atoms with Gasteiger partial charge in [0, 0.05) is 38.7 Å². The Morgan fingerprint density at radius 1 is 0.509 bits per heavy atom. The van der Waals surface area contributed by atoms with Crippen molar-refractivity contribution >= 4 is 101 Å². The Hall–Kier alpha value is -5.46. The van der Waals surface area contributed by atoms with Gasteiger partial charge in [-0.25, -0.2) is 0 Å². The van der Waals surface area contributed by atoms with Crippen LogP contribution in [-0.4, -0.2) is 64.2 Å². The van der Waals surface area contributed by atoms with E-state index in [-0.39, 0.29) is 68.3 Å². The zero-order valence-electron chi connectivity index (χ0n) is 27.7. The van der Waals surface area contributed by atoms with Crippen LogP contribution in [-0.2, 0) is 40.5 Å². The molecule has 0 fully saturated rings. The van der Waals surface area contributed by atoms with Crippen LogP contribution in [0.25, 0.3) is 32.3 Å². The van der Waals surface area contributed by atoms with Crippen molar-refractivity contribution in [1.82, 2.24) is 0 Å². The van der Waals surface area contributed by atoms with E-state index < -0.39 is 56.0 Å². The Balaban J connectivity index is 1.39. The van der Waals surface area contributed by atoms with Gasteiger partial charge in [-0.05, 0) is 84.6 Å². The topological polar surface area (TPSA) is 302 Å². The molecule has 6 aromatic carbocycles. The van der Waals surface area contributed by atoms with Gasteiger partial charge < -0.3 is 10.5 Å². The van der Waals surface area contributed by atoms with E-state index in [4.69, 9.17) is 15.0 Å². The molecule has 0 radical (unpaired) electrons. The molecule has 0 aliphatic rings. The molecule has 18 nitrogen and oxygen atoms in total. The van der Waals surface area contributed by atoms with Crippen molar-refractivity contribution in [3.63, 3.8) is 0 Å². The highest BCUT2D eigenvalue weighted by Crippen LogP contribution is 2.39. The molecule has 0 aliphatic carbocycles. The van der Waals surface area contributed by atoms with Crippen molar-refractivity contribution < 1.29 is 56.6 Å². The standard InChI is InChI=1S/C33H27N5O13S4/c34-29-8-9-30(25-6-3-21(16-27(25)29)53(42,43)44)37-38-32-11-10-31(26-7-4-22(17-28(26)32)54(45,46)47)36-35-20-2-5-24-19(14-20)15-23(55(48,49)50)18-33(24)51-12-1-13-52(39,40)41/h2-11,14-18H,1,12-13,34H2,(H,39,40,41)(H,42,43,44)(H,45,46,47)(H,48,49,50). The van der Waals surface area contributed by atoms with Crippen molar-refractivity contribution in [1.29, 1.82) is 0 Å². The highest BCUT2D eigenvalue weighted by Gasteiger charge is 2.18. The quantitative estimate of drug-likeness (QED) is 0.0361. The van der Waals surface area contributed by atoms with Gasteiger partial charge in [-0.2, -0.15) is 38.8 Å². The molecular formula is C33H27N5O13S4. The van der Waals surface area contributed by atoms with Crippen molar-refractivity contribution in [3.05, 3.63) is 91.0 Å². The van der Waals surface area contributed by atoms with Gasteiger partial charge in [-0.3, -0.25) is 18.2 Å². The van der Waals surface area contributed by atoms with Crippen LogP contribution >= 0.6 is 0 Å². The van der Waals surface area contributed by atoms with E-state index in [9.17, 15) is 47.3 Å². The van der Waals surface area contributed by atoms with Gasteiger partial charge >= 0.3 is 0 Å². The van der Waals surface area contributed by atoms with Crippen LogP contribution in [0.1, 0.15) is 6.42 Å². The number of azo groups is 2. The van der Waals surface area contributed by atoms with Crippen LogP contribution in [0.3, 0.4) is 0 Å². The van der Waals surface area contributed by atoms with E-state index in [1.807, 2.05) is 0 Å². The lowest BCUT2D eigenvalue weighted by atomic mass is 10.1. The minimum atomic E-state index is -4.71. The lowest BCUT2D eigenvalue weighted by Crippen LogP contribution is -2.09. The van der Waals surface area contributed by atoms with Crippen LogP contribution in [0.4, 0.5) is 28.4 Å². The van der Waals surface area contributed by atoms with Gasteiger partial charge in [-0.15, -0.1) is 15.3 Å². The molecule has 0 saturated carbocycles. The molecule has 6 aromatic rings. The number of nitrogens with zero attached hydrogens (tertiary/aromatic N) is 4. The van der Waals surface area contributed by atoms with Crippen LogP contribution in [0, 0.1) is 0 Å². The predicted molar refractivity (Wildman–Crippen MR) is 201 cm³/mol. The lowest BCUT2D eigenvalue weighted by molar-refractivity contribution is 0.319. The molecule has 55 heavy (non-hydrogen) atoms. The van der Waals surface area contributed by atoms with Crippen molar-refractivity contribution in [3.8, 4) is 5.75 Å². The molecule has 0 amide bonds. The molecule has 0 saturated heterocycles. The van der Waals surface area contributed by atoms with Gasteiger partial charge in [-0.1, -0.05) is 12.1 Å². The monoisotopic (exact) mass is 829 g/mol.